The summed E-state index contributed by atoms with van der Waals surface area (Å²) in [5.74, 6) is 1.44. The molecule has 5 nitrogen and oxygen atoms in total. The minimum absolute atomic E-state index is 0. The molecule has 25 heavy (non-hydrogen) atoms. The van der Waals surface area contributed by atoms with Crippen LogP contribution in [0.1, 0.15) is 38.3 Å². The van der Waals surface area contributed by atoms with Crippen molar-refractivity contribution in [1.29, 1.82) is 0 Å². The van der Waals surface area contributed by atoms with Crippen LogP contribution >= 0.6 is 24.0 Å². The van der Waals surface area contributed by atoms with Gasteiger partial charge in [0.2, 0.25) is 0 Å². The summed E-state index contributed by atoms with van der Waals surface area (Å²) >= 11 is 0. The molecule has 0 aliphatic carbocycles. The monoisotopic (exact) mass is 463 g/mol. The van der Waals surface area contributed by atoms with Crippen LogP contribution in [-0.2, 0) is 22.6 Å². The average Bonchev–Trinajstić information content (AvgIpc) is 2.57. The Morgan fingerprint density at radius 1 is 1.12 bits per heavy atom. The largest absolute Gasteiger partial charge is 0.381 e. The highest BCUT2D eigenvalue weighted by Gasteiger charge is 1.99. The predicted octanol–water partition coefficient (Wildman–Crippen LogP) is 3.57. The number of hydrogen-bond donors (Lipinski definition) is 2. The first kappa shape index (κ1) is 24.1. The summed E-state index contributed by atoms with van der Waals surface area (Å²) in [4.78, 5) is 4.63. The van der Waals surface area contributed by atoms with Gasteiger partial charge in [0, 0.05) is 33.4 Å². The molecular weight excluding hydrogens is 429 g/mol. The molecule has 0 unspecified atom stereocenters. The fraction of sp³-hybridized carbons (Fsp3) is 0.632. The minimum Gasteiger partial charge on any atom is -0.381 e. The van der Waals surface area contributed by atoms with Gasteiger partial charge in [0.25, 0.3) is 0 Å². The second-order valence-electron chi connectivity index (χ2n) is 6.19. The van der Waals surface area contributed by atoms with Crippen LogP contribution in [0.5, 0.6) is 0 Å². The van der Waals surface area contributed by atoms with Crippen molar-refractivity contribution in [3.63, 3.8) is 0 Å². The lowest BCUT2D eigenvalue weighted by Gasteiger charge is -2.12. The molecular formula is C19H34IN3O2. The lowest BCUT2D eigenvalue weighted by molar-refractivity contribution is 0.108. The number of nitrogens with one attached hydrogen (secondary N) is 2. The molecule has 1 aromatic rings. The Kier molecular flexibility index (Phi) is 14.9. The minimum atomic E-state index is 0. The predicted molar refractivity (Wildman–Crippen MR) is 116 cm³/mol. The maximum absolute atomic E-state index is 5.59. The molecule has 1 rings (SSSR count). The van der Waals surface area contributed by atoms with E-state index in [9.17, 15) is 0 Å². The molecule has 0 aliphatic rings. The van der Waals surface area contributed by atoms with Crippen molar-refractivity contribution in [2.45, 2.75) is 40.3 Å². The quantitative estimate of drug-likeness (QED) is 0.228. The number of aliphatic imine (C=N–C) groups is 1. The van der Waals surface area contributed by atoms with E-state index in [0.29, 0.717) is 19.1 Å². The summed E-state index contributed by atoms with van der Waals surface area (Å²) in [6, 6.07) is 8.36. The van der Waals surface area contributed by atoms with Crippen molar-refractivity contribution in [2.75, 3.05) is 33.4 Å². The number of hydrogen-bond acceptors (Lipinski definition) is 3. The lowest BCUT2D eigenvalue weighted by atomic mass is 10.1. The number of nitrogens with zero attached hydrogens (tertiary/aromatic N) is 1. The first-order valence-corrected chi connectivity index (χ1v) is 8.82. The highest BCUT2D eigenvalue weighted by molar-refractivity contribution is 14.0. The molecule has 0 atom stereocenters. The molecule has 0 amide bonds. The summed E-state index contributed by atoms with van der Waals surface area (Å²) in [6.07, 6.45) is 0.975. The molecule has 0 saturated carbocycles. The number of benzene rings is 1. The van der Waals surface area contributed by atoms with Crippen LogP contribution in [0.4, 0.5) is 0 Å². The van der Waals surface area contributed by atoms with Crippen molar-refractivity contribution in [1.82, 2.24) is 10.6 Å². The van der Waals surface area contributed by atoms with Gasteiger partial charge in [-0.2, -0.15) is 0 Å². The number of rotatable bonds is 11. The van der Waals surface area contributed by atoms with Gasteiger partial charge in [-0.05, 0) is 30.4 Å². The zero-order valence-corrected chi connectivity index (χ0v) is 18.3. The Morgan fingerprint density at radius 2 is 1.80 bits per heavy atom. The molecule has 2 N–H and O–H groups in total. The highest BCUT2D eigenvalue weighted by Crippen LogP contribution is 2.06. The maximum Gasteiger partial charge on any atom is 0.191 e. The molecule has 0 heterocycles. The van der Waals surface area contributed by atoms with Crippen molar-refractivity contribution in [3.05, 3.63) is 35.4 Å². The van der Waals surface area contributed by atoms with Gasteiger partial charge in [-0.15, -0.1) is 24.0 Å². The number of guanidine groups is 1. The van der Waals surface area contributed by atoms with E-state index in [0.717, 1.165) is 38.7 Å². The third-order valence-corrected chi connectivity index (χ3v) is 3.31. The number of halogens is 1. The zero-order chi connectivity index (χ0) is 17.6. The Balaban J connectivity index is 0.00000576. The summed E-state index contributed by atoms with van der Waals surface area (Å²) in [7, 11) is 1.71. The normalized spacial score (nSPS) is 11.3. The summed E-state index contributed by atoms with van der Waals surface area (Å²) < 4.78 is 10.7. The standard InChI is InChI=1S/C19H33N3O2.HI/c1-5-20-19(21-11-6-12-24-14-16(2)3)22-13-17-7-9-18(10-8-17)15-23-4;/h7-10,16H,5-6,11-15H2,1-4H3,(H2,20,21,22);1H. The third kappa shape index (κ3) is 12.2. The smallest absolute Gasteiger partial charge is 0.191 e. The van der Waals surface area contributed by atoms with Gasteiger partial charge in [-0.25, -0.2) is 4.99 Å². The van der Waals surface area contributed by atoms with Crippen molar-refractivity contribution < 1.29 is 9.47 Å². The van der Waals surface area contributed by atoms with Gasteiger partial charge in [-0.3, -0.25) is 0 Å². The van der Waals surface area contributed by atoms with Gasteiger partial charge >= 0.3 is 0 Å². The molecule has 0 bridgehead atoms. The topological polar surface area (TPSA) is 54.9 Å². The number of methoxy groups -OCH3 is 1. The van der Waals surface area contributed by atoms with Gasteiger partial charge in [-0.1, -0.05) is 38.1 Å². The van der Waals surface area contributed by atoms with E-state index < -0.39 is 0 Å². The SMILES string of the molecule is CCNC(=NCc1ccc(COC)cc1)NCCCOCC(C)C.I. The highest BCUT2D eigenvalue weighted by atomic mass is 127. The first-order chi connectivity index (χ1) is 11.7. The van der Waals surface area contributed by atoms with Crippen LogP contribution in [-0.4, -0.2) is 39.4 Å². The average molecular weight is 463 g/mol. The molecule has 6 heteroatoms. The van der Waals surface area contributed by atoms with E-state index in [4.69, 9.17) is 9.47 Å². The molecule has 144 valence electrons. The van der Waals surface area contributed by atoms with Crippen molar-refractivity contribution >= 4 is 29.9 Å². The molecule has 0 aromatic heterocycles. The Bertz CT molecular complexity index is 464. The van der Waals surface area contributed by atoms with Crippen LogP contribution in [0, 0.1) is 5.92 Å². The molecule has 0 spiro atoms. The number of ether oxygens (including phenoxy) is 2. The zero-order valence-electron chi connectivity index (χ0n) is 16.0. The van der Waals surface area contributed by atoms with E-state index in [1.54, 1.807) is 7.11 Å². The van der Waals surface area contributed by atoms with E-state index in [2.05, 4.69) is 60.7 Å². The summed E-state index contributed by atoms with van der Waals surface area (Å²) in [5.41, 5.74) is 2.36. The van der Waals surface area contributed by atoms with Gasteiger partial charge in [0.05, 0.1) is 13.2 Å². The molecule has 0 saturated heterocycles. The second kappa shape index (κ2) is 15.4. The fourth-order valence-corrected chi connectivity index (χ4v) is 2.12. The van der Waals surface area contributed by atoms with Gasteiger partial charge < -0.3 is 20.1 Å². The van der Waals surface area contributed by atoms with Crippen LogP contribution < -0.4 is 10.6 Å². The van der Waals surface area contributed by atoms with Crippen LogP contribution in [0.15, 0.2) is 29.3 Å². The van der Waals surface area contributed by atoms with E-state index in [1.165, 1.54) is 11.1 Å². The Morgan fingerprint density at radius 3 is 2.40 bits per heavy atom. The Labute approximate surface area is 170 Å². The lowest BCUT2D eigenvalue weighted by Crippen LogP contribution is -2.38. The van der Waals surface area contributed by atoms with Crippen LogP contribution in [0.25, 0.3) is 0 Å². The van der Waals surface area contributed by atoms with Gasteiger partial charge in [0.15, 0.2) is 5.96 Å². The fourth-order valence-electron chi connectivity index (χ4n) is 2.12. The van der Waals surface area contributed by atoms with E-state index in [1.807, 2.05) is 0 Å². The van der Waals surface area contributed by atoms with E-state index in [-0.39, 0.29) is 24.0 Å². The second-order valence-corrected chi connectivity index (χ2v) is 6.19. The molecule has 1 aromatic carbocycles. The Hall–Kier alpha value is -0.860. The van der Waals surface area contributed by atoms with E-state index >= 15 is 0 Å². The third-order valence-electron chi connectivity index (χ3n) is 3.31. The first-order valence-electron chi connectivity index (χ1n) is 8.82. The maximum atomic E-state index is 5.59. The summed E-state index contributed by atoms with van der Waals surface area (Å²) in [6.45, 7) is 11.0. The molecule has 0 fully saturated rings. The molecule has 0 aliphatic heterocycles. The summed E-state index contributed by atoms with van der Waals surface area (Å²) in [5, 5.41) is 6.62. The van der Waals surface area contributed by atoms with Gasteiger partial charge in [0.1, 0.15) is 0 Å². The van der Waals surface area contributed by atoms with Crippen LogP contribution in [0.3, 0.4) is 0 Å². The van der Waals surface area contributed by atoms with Crippen molar-refractivity contribution in [3.8, 4) is 0 Å². The van der Waals surface area contributed by atoms with Crippen molar-refractivity contribution in [2.24, 2.45) is 10.9 Å². The molecule has 0 radical (unpaired) electrons. The van der Waals surface area contributed by atoms with Crippen LogP contribution in [0.2, 0.25) is 0 Å².